The van der Waals surface area contributed by atoms with Crippen LogP contribution in [0.25, 0.3) is 11.0 Å². The first kappa shape index (κ1) is 22.8. The van der Waals surface area contributed by atoms with Crippen LogP contribution in [-0.4, -0.2) is 58.8 Å². The molecule has 3 heterocycles. The lowest BCUT2D eigenvalue weighted by Gasteiger charge is -2.35. The number of imide groups is 1. The van der Waals surface area contributed by atoms with Crippen molar-refractivity contribution in [2.24, 2.45) is 0 Å². The Morgan fingerprint density at radius 2 is 1.54 bits per heavy atom. The second-order valence-electron chi connectivity index (χ2n) is 9.49. The quantitative estimate of drug-likeness (QED) is 0.403. The van der Waals surface area contributed by atoms with E-state index < -0.39 is 5.91 Å². The summed E-state index contributed by atoms with van der Waals surface area (Å²) in [7, 11) is 0. The van der Waals surface area contributed by atoms with E-state index in [0.717, 1.165) is 28.0 Å². The van der Waals surface area contributed by atoms with E-state index >= 15 is 0 Å². The number of carbonyl (C=O) groups is 3. The molecule has 4 aromatic rings. The van der Waals surface area contributed by atoms with Crippen LogP contribution in [0.5, 0.6) is 0 Å². The number of benzene rings is 3. The van der Waals surface area contributed by atoms with Crippen molar-refractivity contribution in [3.8, 4) is 0 Å². The molecule has 0 N–H and O–H groups in total. The maximum atomic E-state index is 13.3. The van der Waals surface area contributed by atoms with Crippen molar-refractivity contribution in [2.75, 3.05) is 36.0 Å². The monoisotopic (exact) mass is 491 g/mol. The topological polar surface area (TPSA) is 86.7 Å². The smallest absolute Gasteiger partial charge is 0.266 e. The van der Waals surface area contributed by atoms with Crippen LogP contribution in [-0.2, 0) is 0 Å². The molecule has 8 nitrogen and oxygen atoms in total. The molecule has 0 radical (unpaired) electrons. The molecular formula is C29H25N5O3. The van der Waals surface area contributed by atoms with Crippen LogP contribution in [0, 0.1) is 13.8 Å². The Labute approximate surface area is 214 Å². The van der Waals surface area contributed by atoms with Gasteiger partial charge in [0.05, 0.1) is 34.0 Å². The number of para-hydroxylation sites is 2. The number of amides is 3. The predicted molar refractivity (Wildman–Crippen MR) is 141 cm³/mol. The van der Waals surface area contributed by atoms with E-state index in [2.05, 4.69) is 9.88 Å². The number of hydrogen-bond acceptors (Lipinski definition) is 6. The van der Waals surface area contributed by atoms with E-state index in [0.29, 0.717) is 43.0 Å². The summed E-state index contributed by atoms with van der Waals surface area (Å²) < 4.78 is 0. The van der Waals surface area contributed by atoms with Crippen molar-refractivity contribution < 1.29 is 14.4 Å². The van der Waals surface area contributed by atoms with Gasteiger partial charge in [-0.15, -0.1) is 0 Å². The summed E-state index contributed by atoms with van der Waals surface area (Å²) in [5.41, 5.74) is 5.05. The minimum absolute atomic E-state index is 0.155. The van der Waals surface area contributed by atoms with E-state index in [1.54, 1.807) is 29.3 Å². The number of anilines is 2. The summed E-state index contributed by atoms with van der Waals surface area (Å²) in [6.07, 6.45) is 1.77. The second kappa shape index (κ2) is 8.81. The Morgan fingerprint density at radius 3 is 2.32 bits per heavy atom. The highest BCUT2D eigenvalue weighted by atomic mass is 16.2. The van der Waals surface area contributed by atoms with Gasteiger partial charge in [-0.3, -0.25) is 19.4 Å². The van der Waals surface area contributed by atoms with Gasteiger partial charge in [0.25, 0.3) is 17.7 Å². The minimum Gasteiger partial charge on any atom is -0.352 e. The van der Waals surface area contributed by atoms with Crippen LogP contribution < -0.4 is 9.80 Å². The minimum atomic E-state index is -0.400. The average molecular weight is 492 g/mol. The molecule has 1 saturated heterocycles. The summed E-state index contributed by atoms with van der Waals surface area (Å²) in [5.74, 6) is -0.127. The lowest BCUT2D eigenvalue weighted by atomic mass is 10.0. The highest BCUT2D eigenvalue weighted by molar-refractivity contribution is 6.35. The molecule has 2 aliphatic rings. The summed E-state index contributed by atoms with van der Waals surface area (Å²) in [6, 6.07) is 18.2. The predicted octanol–water partition coefficient (Wildman–Crippen LogP) is 4.01. The van der Waals surface area contributed by atoms with Gasteiger partial charge in [-0.2, -0.15) is 0 Å². The first-order chi connectivity index (χ1) is 17.9. The first-order valence-corrected chi connectivity index (χ1v) is 12.3. The average Bonchev–Trinajstić information content (AvgIpc) is 3.18. The van der Waals surface area contributed by atoms with Crippen molar-refractivity contribution in [1.82, 2.24) is 14.9 Å². The number of piperazine rings is 1. The van der Waals surface area contributed by atoms with Crippen molar-refractivity contribution in [3.63, 3.8) is 0 Å². The lowest BCUT2D eigenvalue weighted by Crippen LogP contribution is -2.49. The molecule has 2 aliphatic heterocycles. The largest absolute Gasteiger partial charge is 0.352 e. The van der Waals surface area contributed by atoms with Gasteiger partial charge in [0.15, 0.2) is 0 Å². The van der Waals surface area contributed by atoms with Crippen LogP contribution in [0.1, 0.15) is 42.2 Å². The second-order valence-corrected chi connectivity index (χ2v) is 9.49. The molecule has 184 valence electrons. The molecule has 0 atom stereocenters. The van der Waals surface area contributed by atoms with Gasteiger partial charge in [0, 0.05) is 31.7 Å². The number of aromatic nitrogens is 2. The van der Waals surface area contributed by atoms with Crippen LogP contribution >= 0.6 is 0 Å². The van der Waals surface area contributed by atoms with Gasteiger partial charge in [-0.05, 0) is 61.4 Å². The Kier molecular flexibility index (Phi) is 5.44. The summed E-state index contributed by atoms with van der Waals surface area (Å²) in [4.78, 5) is 54.0. The standard InChI is InChI=1S/C29H25N5O3/c1-18-7-8-19(2)25(15-18)34-28(36)21-10-9-20(16-22(21)29(34)37)27(35)33-13-11-32(12-14-33)26-17-30-23-5-3-4-6-24(23)31-26/h3-10,15-17H,11-14H2,1-2H3. The van der Waals surface area contributed by atoms with Gasteiger partial charge in [0.2, 0.25) is 0 Å². The van der Waals surface area contributed by atoms with Crippen LogP contribution in [0.2, 0.25) is 0 Å². The van der Waals surface area contributed by atoms with Crippen LogP contribution in [0.4, 0.5) is 11.5 Å². The fourth-order valence-electron chi connectivity index (χ4n) is 4.97. The maximum Gasteiger partial charge on any atom is 0.266 e. The maximum absolute atomic E-state index is 13.3. The number of rotatable bonds is 3. The summed E-state index contributed by atoms with van der Waals surface area (Å²) in [5, 5.41) is 0. The molecule has 3 amide bonds. The normalized spacial score (nSPS) is 15.5. The number of hydrogen-bond donors (Lipinski definition) is 0. The SMILES string of the molecule is Cc1ccc(C)c(N2C(=O)c3ccc(C(=O)N4CCN(c5cnc6ccccc6n5)CC4)cc3C2=O)c1. The highest BCUT2D eigenvalue weighted by Crippen LogP contribution is 2.32. The molecule has 1 fully saturated rings. The summed E-state index contributed by atoms with van der Waals surface area (Å²) >= 11 is 0. The molecule has 6 rings (SSSR count). The number of carbonyl (C=O) groups excluding carboxylic acids is 3. The van der Waals surface area contributed by atoms with Crippen molar-refractivity contribution in [3.05, 3.63) is 94.7 Å². The molecule has 1 aromatic heterocycles. The molecule has 0 spiro atoms. The Balaban J connectivity index is 1.19. The molecular weight excluding hydrogens is 466 g/mol. The van der Waals surface area contributed by atoms with Crippen LogP contribution in [0.3, 0.4) is 0 Å². The van der Waals surface area contributed by atoms with Gasteiger partial charge < -0.3 is 9.80 Å². The molecule has 37 heavy (non-hydrogen) atoms. The van der Waals surface area contributed by atoms with E-state index in [1.165, 1.54) is 4.90 Å². The molecule has 0 saturated carbocycles. The molecule has 0 unspecified atom stereocenters. The fourth-order valence-corrected chi connectivity index (χ4v) is 4.97. The van der Waals surface area contributed by atoms with Gasteiger partial charge in [0.1, 0.15) is 5.82 Å². The Morgan fingerprint density at radius 1 is 0.811 bits per heavy atom. The molecule has 3 aromatic carbocycles. The van der Waals surface area contributed by atoms with Crippen molar-refractivity contribution in [1.29, 1.82) is 0 Å². The van der Waals surface area contributed by atoms with Gasteiger partial charge in [-0.25, -0.2) is 9.88 Å². The lowest BCUT2D eigenvalue weighted by molar-refractivity contribution is 0.0746. The third kappa shape index (κ3) is 3.91. The Bertz CT molecular complexity index is 1590. The zero-order valence-electron chi connectivity index (χ0n) is 20.6. The third-order valence-corrected chi connectivity index (χ3v) is 7.07. The van der Waals surface area contributed by atoms with Crippen LogP contribution in [0.15, 0.2) is 66.9 Å². The van der Waals surface area contributed by atoms with Crippen molar-refractivity contribution >= 4 is 40.3 Å². The molecule has 0 aliphatic carbocycles. The zero-order valence-corrected chi connectivity index (χ0v) is 20.6. The summed E-state index contributed by atoms with van der Waals surface area (Å²) in [6.45, 7) is 6.08. The third-order valence-electron chi connectivity index (χ3n) is 7.07. The number of nitrogens with zero attached hydrogens (tertiary/aromatic N) is 5. The highest BCUT2D eigenvalue weighted by Gasteiger charge is 2.38. The number of fused-ring (bicyclic) bond motifs is 2. The first-order valence-electron chi connectivity index (χ1n) is 12.3. The zero-order chi connectivity index (χ0) is 25.7. The van der Waals surface area contributed by atoms with E-state index in [4.69, 9.17) is 4.98 Å². The number of aryl methyl sites for hydroxylation is 2. The van der Waals surface area contributed by atoms with Gasteiger partial charge in [-0.1, -0.05) is 24.3 Å². The van der Waals surface area contributed by atoms with E-state index in [-0.39, 0.29) is 17.4 Å². The molecule has 8 heteroatoms. The van der Waals surface area contributed by atoms with E-state index in [9.17, 15) is 14.4 Å². The van der Waals surface area contributed by atoms with E-state index in [1.807, 2.05) is 56.3 Å². The van der Waals surface area contributed by atoms with Gasteiger partial charge >= 0.3 is 0 Å². The van der Waals surface area contributed by atoms with Crippen molar-refractivity contribution in [2.45, 2.75) is 13.8 Å². The Hall–Kier alpha value is -4.59. The fraction of sp³-hybridized carbons (Fsp3) is 0.207. The molecule has 0 bridgehead atoms.